The van der Waals surface area contributed by atoms with E-state index in [0.29, 0.717) is 6.04 Å². The van der Waals surface area contributed by atoms with Gasteiger partial charge in [0.2, 0.25) is 0 Å². The highest BCUT2D eigenvalue weighted by atomic mass is 16.1. The molecule has 0 aliphatic heterocycles. The largest absolute Gasteiger partial charge is 0.382 e. The van der Waals surface area contributed by atoms with Crippen LogP contribution in [0.4, 0.5) is 5.69 Å². The molecule has 1 saturated carbocycles. The van der Waals surface area contributed by atoms with E-state index in [1.54, 1.807) is 0 Å². The Balaban J connectivity index is 2.09. The normalized spacial score (nSPS) is 15.8. The molecular formula is C18H24N2O. The number of hydrogen-bond acceptors (Lipinski definition) is 2. The first-order valence-corrected chi connectivity index (χ1v) is 8.02. The predicted molar refractivity (Wildman–Crippen MR) is 89.3 cm³/mol. The van der Waals surface area contributed by atoms with Crippen molar-refractivity contribution in [3.05, 3.63) is 39.2 Å². The summed E-state index contributed by atoms with van der Waals surface area (Å²) in [5, 5.41) is 4.43. The third kappa shape index (κ3) is 2.57. The molecule has 0 saturated heterocycles. The van der Waals surface area contributed by atoms with E-state index in [1.807, 2.05) is 13.0 Å². The molecule has 0 bridgehead atoms. The molecule has 0 amide bonds. The zero-order valence-corrected chi connectivity index (χ0v) is 13.2. The van der Waals surface area contributed by atoms with Gasteiger partial charge < -0.3 is 10.3 Å². The lowest BCUT2D eigenvalue weighted by atomic mass is 10.0. The Labute approximate surface area is 125 Å². The molecule has 0 spiro atoms. The van der Waals surface area contributed by atoms with Crippen LogP contribution in [0, 0.1) is 13.8 Å². The lowest BCUT2D eigenvalue weighted by molar-refractivity contribution is 0.755. The Morgan fingerprint density at radius 3 is 2.62 bits per heavy atom. The van der Waals surface area contributed by atoms with Gasteiger partial charge in [0.1, 0.15) is 0 Å². The first kappa shape index (κ1) is 14.2. The van der Waals surface area contributed by atoms with Gasteiger partial charge in [-0.2, -0.15) is 0 Å². The van der Waals surface area contributed by atoms with Crippen molar-refractivity contribution in [2.75, 3.05) is 5.32 Å². The Hall–Kier alpha value is -1.77. The van der Waals surface area contributed by atoms with Crippen molar-refractivity contribution < 1.29 is 0 Å². The van der Waals surface area contributed by atoms with Crippen molar-refractivity contribution in [1.29, 1.82) is 0 Å². The second-order valence-corrected chi connectivity index (χ2v) is 6.25. The van der Waals surface area contributed by atoms with E-state index in [4.69, 9.17) is 0 Å². The summed E-state index contributed by atoms with van der Waals surface area (Å²) in [7, 11) is 0. The summed E-state index contributed by atoms with van der Waals surface area (Å²) in [6, 6.07) is 4.71. The monoisotopic (exact) mass is 284 g/mol. The van der Waals surface area contributed by atoms with Crippen molar-refractivity contribution in [1.82, 2.24) is 4.98 Å². The zero-order valence-electron chi connectivity index (χ0n) is 13.2. The van der Waals surface area contributed by atoms with Crippen LogP contribution in [-0.4, -0.2) is 11.0 Å². The van der Waals surface area contributed by atoms with Gasteiger partial charge in [0.25, 0.3) is 0 Å². The summed E-state index contributed by atoms with van der Waals surface area (Å²) < 4.78 is 0. The fourth-order valence-electron chi connectivity index (χ4n) is 3.39. The van der Waals surface area contributed by atoms with Gasteiger partial charge in [-0.3, -0.25) is 4.79 Å². The summed E-state index contributed by atoms with van der Waals surface area (Å²) in [6.07, 6.45) is 5.95. The van der Waals surface area contributed by atoms with Crippen LogP contribution in [0.15, 0.2) is 16.9 Å². The lowest BCUT2D eigenvalue weighted by Crippen LogP contribution is -2.16. The van der Waals surface area contributed by atoms with E-state index in [0.717, 1.165) is 34.3 Å². The highest BCUT2D eigenvalue weighted by Gasteiger charge is 2.16. The number of rotatable bonds is 3. The summed E-state index contributed by atoms with van der Waals surface area (Å²) >= 11 is 0. The SMILES string of the molecule is CCc1[nH]c2cc(C)c(NC3CCCC3)cc2c(=O)c1C. The molecule has 112 valence electrons. The maximum Gasteiger partial charge on any atom is 0.192 e. The van der Waals surface area contributed by atoms with Crippen LogP contribution in [0.3, 0.4) is 0 Å². The molecule has 3 heteroatoms. The summed E-state index contributed by atoms with van der Waals surface area (Å²) in [5.74, 6) is 0. The average molecular weight is 284 g/mol. The van der Waals surface area contributed by atoms with Crippen LogP contribution >= 0.6 is 0 Å². The molecule has 0 unspecified atom stereocenters. The van der Waals surface area contributed by atoms with Gasteiger partial charge in [0, 0.05) is 33.9 Å². The number of aryl methyl sites for hydroxylation is 2. The molecule has 2 aromatic rings. The number of aromatic amines is 1. The topological polar surface area (TPSA) is 44.9 Å². The van der Waals surface area contributed by atoms with E-state index >= 15 is 0 Å². The average Bonchev–Trinajstić information content (AvgIpc) is 2.97. The zero-order chi connectivity index (χ0) is 15.0. The molecule has 1 aromatic carbocycles. The fourth-order valence-corrected chi connectivity index (χ4v) is 3.39. The number of aromatic nitrogens is 1. The van der Waals surface area contributed by atoms with Crippen LogP contribution in [-0.2, 0) is 6.42 Å². The van der Waals surface area contributed by atoms with Gasteiger partial charge in [0.15, 0.2) is 5.43 Å². The number of hydrogen-bond donors (Lipinski definition) is 2. The second-order valence-electron chi connectivity index (χ2n) is 6.25. The molecule has 21 heavy (non-hydrogen) atoms. The van der Waals surface area contributed by atoms with Crippen LogP contribution in [0.25, 0.3) is 10.9 Å². The number of pyridine rings is 1. The summed E-state index contributed by atoms with van der Waals surface area (Å²) in [4.78, 5) is 16.0. The Morgan fingerprint density at radius 2 is 1.95 bits per heavy atom. The number of fused-ring (bicyclic) bond motifs is 1. The van der Waals surface area contributed by atoms with E-state index in [9.17, 15) is 4.79 Å². The van der Waals surface area contributed by atoms with E-state index < -0.39 is 0 Å². The van der Waals surface area contributed by atoms with E-state index in [1.165, 1.54) is 31.2 Å². The Bertz CT molecular complexity index is 724. The highest BCUT2D eigenvalue weighted by Crippen LogP contribution is 2.26. The van der Waals surface area contributed by atoms with Crippen molar-refractivity contribution in [3.63, 3.8) is 0 Å². The number of anilines is 1. The maximum atomic E-state index is 12.6. The third-order valence-corrected chi connectivity index (χ3v) is 4.76. The molecule has 1 aromatic heterocycles. The van der Waals surface area contributed by atoms with Crippen molar-refractivity contribution in [2.45, 2.75) is 58.9 Å². The standard InChI is InChI=1S/C18H24N2O/c1-4-15-12(3)18(21)14-10-16(11(2)9-17(14)20-15)19-13-7-5-6-8-13/h9-10,13,19H,4-8H2,1-3H3,(H,20,21). The number of benzene rings is 1. The Morgan fingerprint density at radius 1 is 1.24 bits per heavy atom. The maximum absolute atomic E-state index is 12.6. The van der Waals surface area contributed by atoms with Gasteiger partial charge in [-0.05, 0) is 50.8 Å². The summed E-state index contributed by atoms with van der Waals surface area (Å²) in [5.41, 5.74) is 5.33. The molecule has 1 heterocycles. The van der Waals surface area contributed by atoms with Gasteiger partial charge in [-0.25, -0.2) is 0 Å². The van der Waals surface area contributed by atoms with Crippen LogP contribution < -0.4 is 10.7 Å². The minimum atomic E-state index is 0.162. The fraction of sp³-hybridized carbons (Fsp3) is 0.500. The van der Waals surface area contributed by atoms with Crippen molar-refractivity contribution in [3.8, 4) is 0 Å². The number of H-pyrrole nitrogens is 1. The molecular weight excluding hydrogens is 260 g/mol. The van der Waals surface area contributed by atoms with E-state index in [2.05, 4.69) is 30.2 Å². The molecule has 1 aliphatic carbocycles. The molecule has 0 atom stereocenters. The van der Waals surface area contributed by atoms with Gasteiger partial charge in [-0.15, -0.1) is 0 Å². The quantitative estimate of drug-likeness (QED) is 0.892. The number of nitrogens with one attached hydrogen (secondary N) is 2. The molecule has 1 fully saturated rings. The molecule has 0 radical (unpaired) electrons. The molecule has 3 rings (SSSR count). The molecule has 2 N–H and O–H groups in total. The first-order valence-electron chi connectivity index (χ1n) is 8.02. The van der Waals surface area contributed by atoms with Crippen molar-refractivity contribution >= 4 is 16.6 Å². The Kier molecular flexibility index (Phi) is 3.75. The van der Waals surface area contributed by atoms with Gasteiger partial charge in [0.05, 0.1) is 0 Å². The lowest BCUT2D eigenvalue weighted by Gasteiger charge is -2.17. The second kappa shape index (κ2) is 5.55. The van der Waals surface area contributed by atoms with Crippen LogP contribution in [0.5, 0.6) is 0 Å². The van der Waals surface area contributed by atoms with Crippen molar-refractivity contribution in [2.24, 2.45) is 0 Å². The minimum Gasteiger partial charge on any atom is -0.382 e. The van der Waals surface area contributed by atoms with Gasteiger partial charge >= 0.3 is 0 Å². The van der Waals surface area contributed by atoms with Crippen LogP contribution in [0.1, 0.15) is 49.4 Å². The van der Waals surface area contributed by atoms with Gasteiger partial charge in [-0.1, -0.05) is 19.8 Å². The molecule has 1 aliphatic rings. The summed E-state index contributed by atoms with van der Waals surface area (Å²) in [6.45, 7) is 6.11. The first-order chi connectivity index (χ1) is 10.1. The van der Waals surface area contributed by atoms with Crippen LogP contribution in [0.2, 0.25) is 0 Å². The highest BCUT2D eigenvalue weighted by molar-refractivity contribution is 5.84. The smallest absolute Gasteiger partial charge is 0.192 e. The predicted octanol–water partition coefficient (Wildman–Crippen LogP) is 4.06. The third-order valence-electron chi connectivity index (χ3n) is 4.76. The molecule has 3 nitrogen and oxygen atoms in total. The van der Waals surface area contributed by atoms with E-state index in [-0.39, 0.29) is 5.43 Å². The minimum absolute atomic E-state index is 0.162.